The summed E-state index contributed by atoms with van der Waals surface area (Å²) in [6.45, 7) is 2.30. The van der Waals surface area contributed by atoms with Crippen molar-refractivity contribution in [3.05, 3.63) is 59.7 Å². The molecule has 0 saturated heterocycles. The number of nitrogens with one attached hydrogen (secondary N) is 2. The molecule has 0 saturated carbocycles. The van der Waals surface area contributed by atoms with Crippen LogP contribution in [0.25, 0.3) is 0 Å². The Hall–Kier alpha value is -3.42. The van der Waals surface area contributed by atoms with Crippen molar-refractivity contribution in [2.45, 2.75) is 13.3 Å². The Kier molecular flexibility index (Phi) is 5.43. The minimum Gasteiger partial charge on any atom is -0.497 e. The van der Waals surface area contributed by atoms with Gasteiger partial charge in [0.05, 0.1) is 19.5 Å². The molecule has 1 aromatic carbocycles. The lowest BCUT2D eigenvalue weighted by molar-refractivity contribution is 0.0949. The average molecular weight is 353 g/mol. The van der Waals surface area contributed by atoms with Crippen LogP contribution in [0.15, 0.2) is 47.2 Å². The smallest absolute Gasteiger partial charge is 0.271 e. The number of carbonyl (C=O) groups is 1. The van der Waals surface area contributed by atoms with Gasteiger partial charge in [-0.1, -0.05) is 17.3 Å². The monoisotopic (exact) mass is 353 g/mol. The van der Waals surface area contributed by atoms with Gasteiger partial charge in [-0.2, -0.15) is 0 Å². The van der Waals surface area contributed by atoms with E-state index in [2.05, 4.69) is 25.8 Å². The van der Waals surface area contributed by atoms with Crippen LogP contribution in [0.4, 0.5) is 11.6 Å². The van der Waals surface area contributed by atoms with Crippen molar-refractivity contribution in [3.63, 3.8) is 0 Å². The van der Waals surface area contributed by atoms with Gasteiger partial charge in [-0.25, -0.2) is 9.97 Å². The molecule has 0 fully saturated rings. The van der Waals surface area contributed by atoms with E-state index in [1.165, 1.54) is 12.4 Å². The number of aromatic nitrogens is 3. The van der Waals surface area contributed by atoms with E-state index in [4.69, 9.17) is 9.26 Å². The largest absolute Gasteiger partial charge is 0.497 e. The number of anilines is 2. The van der Waals surface area contributed by atoms with Crippen molar-refractivity contribution < 1.29 is 14.1 Å². The third-order valence-corrected chi connectivity index (χ3v) is 3.63. The summed E-state index contributed by atoms with van der Waals surface area (Å²) < 4.78 is 10.1. The highest BCUT2D eigenvalue weighted by atomic mass is 16.5. The second-order valence-electron chi connectivity index (χ2n) is 5.59. The number of amides is 1. The number of aryl methyl sites for hydroxylation is 1. The molecule has 0 unspecified atom stereocenters. The average Bonchev–Trinajstić information content (AvgIpc) is 3.07. The van der Waals surface area contributed by atoms with Gasteiger partial charge < -0.3 is 19.9 Å². The standard InChI is InChI=1S/C18H19N5O3/c1-12-9-16(23-26-12)22-17-11-20-15(10-21-17)18(24)19-8-7-13-3-5-14(25-2)6-4-13/h3-6,9-11H,7-8H2,1-2H3,(H,19,24)(H,21,22,23). The Morgan fingerprint density at radius 2 is 1.96 bits per heavy atom. The molecular formula is C18H19N5O3. The van der Waals surface area contributed by atoms with Crippen molar-refractivity contribution in [3.8, 4) is 5.75 Å². The first-order valence-corrected chi connectivity index (χ1v) is 8.07. The molecule has 0 atom stereocenters. The second kappa shape index (κ2) is 8.11. The normalized spacial score (nSPS) is 10.4. The van der Waals surface area contributed by atoms with E-state index in [1.807, 2.05) is 24.3 Å². The molecular weight excluding hydrogens is 334 g/mol. The van der Waals surface area contributed by atoms with E-state index >= 15 is 0 Å². The lowest BCUT2D eigenvalue weighted by Gasteiger charge is -2.06. The maximum atomic E-state index is 12.1. The fraction of sp³-hybridized carbons (Fsp3) is 0.222. The van der Waals surface area contributed by atoms with E-state index in [-0.39, 0.29) is 11.6 Å². The van der Waals surface area contributed by atoms with Gasteiger partial charge in [-0.05, 0) is 31.0 Å². The second-order valence-corrected chi connectivity index (χ2v) is 5.59. The number of hydrogen-bond donors (Lipinski definition) is 2. The van der Waals surface area contributed by atoms with Gasteiger partial charge in [0.1, 0.15) is 23.0 Å². The minimum absolute atomic E-state index is 0.251. The van der Waals surface area contributed by atoms with Gasteiger partial charge in [0.2, 0.25) is 0 Å². The molecule has 26 heavy (non-hydrogen) atoms. The Morgan fingerprint density at radius 3 is 2.58 bits per heavy atom. The van der Waals surface area contributed by atoms with Gasteiger partial charge in [0, 0.05) is 12.6 Å². The van der Waals surface area contributed by atoms with Crippen molar-refractivity contribution in [1.82, 2.24) is 20.4 Å². The first-order chi connectivity index (χ1) is 12.6. The van der Waals surface area contributed by atoms with Gasteiger partial charge in [0.15, 0.2) is 5.82 Å². The zero-order valence-corrected chi connectivity index (χ0v) is 14.5. The highest BCUT2D eigenvalue weighted by molar-refractivity contribution is 5.92. The van der Waals surface area contributed by atoms with E-state index in [0.29, 0.717) is 30.4 Å². The predicted octanol–water partition coefficient (Wildman–Crippen LogP) is 2.50. The van der Waals surface area contributed by atoms with Crippen LogP contribution < -0.4 is 15.4 Å². The quantitative estimate of drug-likeness (QED) is 0.673. The van der Waals surface area contributed by atoms with Gasteiger partial charge in [-0.3, -0.25) is 4.79 Å². The molecule has 0 spiro atoms. The summed E-state index contributed by atoms with van der Waals surface area (Å²) in [6.07, 6.45) is 3.61. The van der Waals surface area contributed by atoms with E-state index in [1.54, 1.807) is 20.1 Å². The number of rotatable bonds is 7. The summed E-state index contributed by atoms with van der Waals surface area (Å²) in [7, 11) is 1.63. The molecule has 8 nitrogen and oxygen atoms in total. The fourth-order valence-electron chi connectivity index (χ4n) is 2.27. The minimum atomic E-state index is -0.269. The number of methoxy groups -OCH3 is 1. The molecule has 8 heteroatoms. The molecule has 2 aromatic heterocycles. The van der Waals surface area contributed by atoms with Gasteiger partial charge in [0.25, 0.3) is 5.91 Å². The number of ether oxygens (including phenoxy) is 1. The third kappa shape index (κ3) is 4.56. The molecule has 0 aliphatic heterocycles. The summed E-state index contributed by atoms with van der Waals surface area (Å²) in [5.74, 6) is 2.24. The molecule has 1 amide bonds. The van der Waals surface area contributed by atoms with Crippen LogP contribution in [-0.4, -0.2) is 34.7 Å². The Morgan fingerprint density at radius 1 is 1.15 bits per heavy atom. The SMILES string of the molecule is COc1ccc(CCNC(=O)c2cnc(Nc3cc(C)on3)cn2)cc1. The van der Waals surface area contributed by atoms with Crippen molar-refractivity contribution in [2.24, 2.45) is 0 Å². The fourth-order valence-corrected chi connectivity index (χ4v) is 2.27. The Balaban J connectivity index is 1.49. The molecule has 0 aliphatic rings. The van der Waals surface area contributed by atoms with E-state index < -0.39 is 0 Å². The highest BCUT2D eigenvalue weighted by Gasteiger charge is 2.08. The van der Waals surface area contributed by atoms with Crippen molar-refractivity contribution in [1.29, 1.82) is 0 Å². The van der Waals surface area contributed by atoms with Crippen LogP contribution in [0.2, 0.25) is 0 Å². The summed E-state index contributed by atoms with van der Waals surface area (Å²) >= 11 is 0. The number of carbonyl (C=O) groups excluding carboxylic acids is 1. The molecule has 0 bridgehead atoms. The lowest BCUT2D eigenvalue weighted by atomic mass is 10.1. The molecule has 3 rings (SSSR count). The van der Waals surface area contributed by atoms with Gasteiger partial charge in [-0.15, -0.1) is 0 Å². The molecule has 2 heterocycles. The first-order valence-electron chi connectivity index (χ1n) is 8.07. The van der Waals surface area contributed by atoms with E-state index in [0.717, 1.165) is 11.3 Å². The van der Waals surface area contributed by atoms with E-state index in [9.17, 15) is 4.79 Å². The third-order valence-electron chi connectivity index (χ3n) is 3.63. The van der Waals surface area contributed by atoms with Crippen LogP contribution in [0.1, 0.15) is 21.8 Å². The van der Waals surface area contributed by atoms with Crippen LogP contribution in [0.5, 0.6) is 5.75 Å². The van der Waals surface area contributed by atoms with Crippen LogP contribution in [0.3, 0.4) is 0 Å². The van der Waals surface area contributed by atoms with Crippen LogP contribution in [0, 0.1) is 6.92 Å². The van der Waals surface area contributed by atoms with Crippen molar-refractivity contribution in [2.75, 3.05) is 19.0 Å². The number of benzene rings is 1. The first kappa shape index (κ1) is 17.4. The molecule has 0 radical (unpaired) electrons. The van der Waals surface area contributed by atoms with Crippen LogP contribution in [-0.2, 0) is 6.42 Å². The zero-order chi connectivity index (χ0) is 18.4. The molecule has 2 N–H and O–H groups in total. The topological polar surface area (TPSA) is 102 Å². The maximum absolute atomic E-state index is 12.1. The Bertz CT molecular complexity index is 859. The van der Waals surface area contributed by atoms with Crippen molar-refractivity contribution >= 4 is 17.5 Å². The Labute approximate surface area is 150 Å². The summed E-state index contributed by atoms with van der Waals surface area (Å²) in [5, 5.41) is 9.58. The number of nitrogens with zero attached hydrogens (tertiary/aromatic N) is 3. The maximum Gasteiger partial charge on any atom is 0.271 e. The molecule has 0 aliphatic carbocycles. The van der Waals surface area contributed by atoms with Gasteiger partial charge >= 0.3 is 0 Å². The summed E-state index contributed by atoms with van der Waals surface area (Å²) in [5.41, 5.74) is 1.36. The lowest BCUT2D eigenvalue weighted by Crippen LogP contribution is -2.26. The van der Waals surface area contributed by atoms with Crippen LogP contribution >= 0.6 is 0 Å². The summed E-state index contributed by atoms with van der Waals surface area (Å²) in [6, 6.07) is 9.46. The zero-order valence-electron chi connectivity index (χ0n) is 14.5. The predicted molar refractivity (Wildman–Crippen MR) is 95.6 cm³/mol. The molecule has 3 aromatic rings. The highest BCUT2D eigenvalue weighted by Crippen LogP contribution is 2.13. The summed E-state index contributed by atoms with van der Waals surface area (Å²) in [4.78, 5) is 20.4. The number of hydrogen-bond acceptors (Lipinski definition) is 7. The molecule has 134 valence electrons.